The fourth-order valence-corrected chi connectivity index (χ4v) is 3.44. The van der Waals surface area contributed by atoms with Gasteiger partial charge in [0.1, 0.15) is 5.75 Å². The van der Waals surface area contributed by atoms with E-state index in [9.17, 15) is 9.59 Å². The third-order valence-corrected chi connectivity index (χ3v) is 4.80. The topological polar surface area (TPSA) is 58.6 Å². The Morgan fingerprint density at radius 2 is 1.82 bits per heavy atom. The van der Waals surface area contributed by atoms with Gasteiger partial charge in [0.25, 0.3) is 11.8 Å². The number of ether oxygens (including phenoxy) is 1. The first-order chi connectivity index (χ1) is 13.4. The van der Waals surface area contributed by atoms with Crippen molar-refractivity contribution in [3.63, 3.8) is 0 Å². The van der Waals surface area contributed by atoms with Gasteiger partial charge in [-0.05, 0) is 75.1 Å². The second-order valence-corrected chi connectivity index (χ2v) is 7.72. The molecule has 0 aromatic heterocycles. The predicted molar refractivity (Wildman–Crippen MR) is 111 cm³/mol. The Labute approximate surface area is 166 Å². The SMILES string of the molecule is CC1CCCN(C(=O)c2cccc(C(=O)Nc3ccc(OC(C)C)cc3)c2)C1. The van der Waals surface area contributed by atoms with Gasteiger partial charge in [0.2, 0.25) is 0 Å². The highest BCUT2D eigenvalue weighted by atomic mass is 16.5. The maximum Gasteiger partial charge on any atom is 0.255 e. The fraction of sp³-hybridized carbons (Fsp3) is 0.391. The van der Waals surface area contributed by atoms with Crippen LogP contribution < -0.4 is 10.1 Å². The van der Waals surface area contributed by atoms with Crippen LogP contribution in [0.5, 0.6) is 5.75 Å². The van der Waals surface area contributed by atoms with E-state index in [1.165, 1.54) is 0 Å². The molecule has 0 saturated carbocycles. The molecule has 5 nitrogen and oxygen atoms in total. The molecule has 148 valence electrons. The molecule has 2 aromatic carbocycles. The van der Waals surface area contributed by atoms with Gasteiger partial charge in [-0.25, -0.2) is 0 Å². The van der Waals surface area contributed by atoms with Crippen LogP contribution in [0.25, 0.3) is 0 Å². The van der Waals surface area contributed by atoms with Crippen molar-refractivity contribution >= 4 is 17.5 Å². The third-order valence-electron chi connectivity index (χ3n) is 4.80. The lowest BCUT2D eigenvalue weighted by atomic mass is 9.99. The highest BCUT2D eigenvalue weighted by Crippen LogP contribution is 2.20. The first kappa shape index (κ1) is 19.9. The number of nitrogens with one attached hydrogen (secondary N) is 1. The zero-order chi connectivity index (χ0) is 20.1. The Kier molecular flexibility index (Phi) is 6.34. The number of nitrogens with zero attached hydrogens (tertiary/aromatic N) is 1. The summed E-state index contributed by atoms with van der Waals surface area (Å²) < 4.78 is 5.61. The molecular formula is C23H28N2O3. The van der Waals surface area contributed by atoms with Gasteiger partial charge >= 0.3 is 0 Å². The molecule has 0 bridgehead atoms. The van der Waals surface area contributed by atoms with E-state index in [0.717, 1.165) is 31.7 Å². The minimum absolute atomic E-state index is 0.00335. The number of carbonyl (C=O) groups excluding carboxylic acids is 2. The summed E-state index contributed by atoms with van der Waals surface area (Å²) in [7, 11) is 0. The van der Waals surface area contributed by atoms with Gasteiger partial charge in [0.15, 0.2) is 0 Å². The molecule has 2 aromatic rings. The Hall–Kier alpha value is -2.82. The van der Waals surface area contributed by atoms with E-state index in [1.807, 2.05) is 30.9 Å². The van der Waals surface area contributed by atoms with E-state index < -0.39 is 0 Å². The lowest BCUT2D eigenvalue weighted by molar-refractivity contribution is 0.0683. The summed E-state index contributed by atoms with van der Waals surface area (Å²) in [5.74, 6) is 1.04. The second-order valence-electron chi connectivity index (χ2n) is 7.72. The van der Waals surface area contributed by atoms with Gasteiger partial charge < -0.3 is 15.0 Å². The van der Waals surface area contributed by atoms with Crippen LogP contribution >= 0.6 is 0 Å². The van der Waals surface area contributed by atoms with E-state index in [-0.39, 0.29) is 17.9 Å². The number of hydrogen-bond donors (Lipinski definition) is 1. The molecule has 1 unspecified atom stereocenters. The molecule has 0 aliphatic carbocycles. The van der Waals surface area contributed by atoms with Gasteiger partial charge in [0.05, 0.1) is 6.10 Å². The quantitative estimate of drug-likeness (QED) is 0.825. The first-order valence-electron chi connectivity index (χ1n) is 9.90. The van der Waals surface area contributed by atoms with E-state index in [4.69, 9.17) is 4.74 Å². The van der Waals surface area contributed by atoms with Crippen LogP contribution in [0.1, 0.15) is 54.3 Å². The van der Waals surface area contributed by atoms with Crippen molar-refractivity contribution in [2.75, 3.05) is 18.4 Å². The highest BCUT2D eigenvalue weighted by Gasteiger charge is 2.22. The molecule has 1 heterocycles. The number of likely N-dealkylation sites (tertiary alicyclic amines) is 1. The first-order valence-corrected chi connectivity index (χ1v) is 9.90. The molecule has 2 amide bonds. The Morgan fingerprint density at radius 3 is 2.50 bits per heavy atom. The van der Waals surface area contributed by atoms with Crippen LogP contribution in [-0.4, -0.2) is 35.9 Å². The molecule has 1 N–H and O–H groups in total. The van der Waals surface area contributed by atoms with Crippen molar-refractivity contribution in [1.29, 1.82) is 0 Å². The zero-order valence-electron chi connectivity index (χ0n) is 16.8. The number of piperidine rings is 1. The number of carbonyl (C=O) groups is 2. The van der Waals surface area contributed by atoms with E-state index in [1.54, 1.807) is 36.4 Å². The molecule has 1 aliphatic heterocycles. The van der Waals surface area contributed by atoms with Crippen LogP contribution in [0.3, 0.4) is 0 Å². The minimum atomic E-state index is -0.237. The van der Waals surface area contributed by atoms with E-state index >= 15 is 0 Å². The standard InChI is InChI=1S/C23H28N2O3/c1-16(2)28-21-11-9-20(10-12-21)24-22(26)18-7-4-8-19(14-18)23(27)25-13-5-6-17(3)15-25/h4,7-12,14,16-17H,5-6,13,15H2,1-3H3,(H,24,26). The third kappa shape index (κ3) is 5.12. The number of hydrogen-bond acceptors (Lipinski definition) is 3. The van der Waals surface area contributed by atoms with Crippen LogP contribution in [0.2, 0.25) is 0 Å². The zero-order valence-corrected chi connectivity index (χ0v) is 16.8. The molecule has 1 atom stereocenters. The largest absolute Gasteiger partial charge is 0.491 e. The maximum absolute atomic E-state index is 12.8. The van der Waals surface area contributed by atoms with Crippen molar-refractivity contribution in [3.05, 3.63) is 59.7 Å². The van der Waals surface area contributed by atoms with Gasteiger partial charge in [-0.2, -0.15) is 0 Å². The lowest BCUT2D eigenvalue weighted by Crippen LogP contribution is -2.39. The summed E-state index contributed by atoms with van der Waals surface area (Å²) in [4.78, 5) is 27.3. The summed E-state index contributed by atoms with van der Waals surface area (Å²) in [6.07, 6.45) is 2.29. The summed E-state index contributed by atoms with van der Waals surface area (Å²) in [6.45, 7) is 7.66. The summed E-state index contributed by atoms with van der Waals surface area (Å²) >= 11 is 0. The average Bonchev–Trinajstić information content (AvgIpc) is 2.68. The molecule has 0 spiro atoms. The second kappa shape index (κ2) is 8.91. The van der Waals surface area contributed by atoms with Gasteiger partial charge in [0, 0.05) is 29.9 Å². The fourth-order valence-electron chi connectivity index (χ4n) is 3.44. The predicted octanol–water partition coefficient (Wildman–Crippen LogP) is 4.60. The van der Waals surface area contributed by atoms with Crippen molar-refractivity contribution in [2.45, 2.75) is 39.7 Å². The summed E-state index contributed by atoms with van der Waals surface area (Å²) in [5, 5.41) is 2.87. The van der Waals surface area contributed by atoms with Gasteiger partial charge in [-0.15, -0.1) is 0 Å². The van der Waals surface area contributed by atoms with Gasteiger partial charge in [-0.1, -0.05) is 13.0 Å². The van der Waals surface area contributed by atoms with Crippen LogP contribution in [0.4, 0.5) is 5.69 Å². The summed E-state index contributed by atoms with van der Waals surface area (Å²) in [6, 6.07) is 14.2. The Morgan fingerprint density at radius 1 is 1.11 bits per heavy atom. The molecule has 0 radical (unpaired) electrons. The van der Waals surface area contributed by atoms with Crippen molar-refractivity contribution in [3.8, 4) is 5.75 Å². The number of anilines is 1. The number of rotatable bonds is 5. The molecule has 1 aliphatic rings. The van der Waals surface area contributed by atoms with E-state index in [0.29, 0.717) is 22.7 Å². The van der Waals surface area contributed by atoms with Crippen LogP contribution in [0.15, 0.2) is 48.5 Å². The highest BCUT2D eigenvalue weighted by molar-refractivity contribution is 6.06. The monoisotopic (exact) mass is 380 g/mol. The average molecular weight is 380 g/mol. The molecule has 1 fully saturated rings. The van der Waals surface area contributed by atoms with Crippen molar-refractivity contribution in [1.82, 2.24) is 4.90 Å². The molecule has 3 rings (SSSR count). The minimum Gasteiger partial charge on any atom is -0.491 e. The maximum atomic E-state index is 12.8. The van der Waals surface area contributed by atoms with Crippen molar-refractivity contribution in [2.24, 2.45) is 5.92 Å². The smallest absolute Gasteiger partial charge is 0.255 e. The van der Waals surface area contributed by atoms with E-state index in [2.05, 4.69) is 12.2 Å². The Bertz CT molecular complexity index is 830. The molecule has 28 heavy (non-hydrogen) atoms. The molecule has 1 saturated heterocycles. The normalized spacial score (nSPS) is 16.7. The Balaban J connectivity index is 1.67. The summed E-state index contributed by atoms with van der Waals surface area (Å²) in [5.41, 5.74) is 1.71. The number of amides is 2. The molecular weight excluding hydrogens is 352 g/mol. The van der Waals surface area contributed by atoms with Crippen LogP contribution in [0, 0.1) is 5.92 Å². The van der Waals surface area contributed by atoms with Crippen molar-refractivity contribution < 1.29 is 14.3 Å². The lowest BCUT2D eigenvalue weighted by Gasteiger charge is -2.31. The van der Waals surface area contributed by atoms with Crippen LogP contribution in [-0.2, 0) is 0 Å². The molecule has 5 heteroatoms. The van der Waals surface area contributed by atoms with Gasteiger partial charge in [-0.3, -0.25) is 9.59 Å². The number of benzene rings is 2.